The summed E-state index contributed by atoms with van der Waals surface area (Å²) < 4.78 is 6.61. The molecule has 1 aromatic heterocycles. The molecule has 2 heterocycles. The number of hydrogen-bond donors (Lipinski definition) is 0. The van der Waals surface area contributed by atoms with Gasteiger partial charge < -0.3 is 19.1 Å². The van der Waals surface area contributed by atoms with Crippen molar-refractivity contribution < 1.29 is 4.42 Å². The fourth-order valence-electron chi connectivity index (χ4n) is 15.4. The van der Waals surface area contributed by atoms with Crippen LogP contribution in [0.15, 0.2) is 138 Å². The van der Waals surface area contributed by atoms with E-state index in [0.29, 0.717) is 0 Å². The van der Waals surface area contributed by atoms with Crippen LogP contribution in [-0.4, -0.2) is 5.54 Å². The molecular weight excluding hydrogens is 958 g/mol. The molecule has 5 heteroatoms. The average molecular weight is 1030 g/mol. The highest BCUT2D eigenvalue weighted by molar-refractivity contribution is 6.37. The second-order valence-electron chi connectivity index (χ2n) is 24.6. The van der Waals surface area contributed by atoms with E-state index >= 15 is 0 Å². The van der Waals surface area contributed by atoms with E-state index in [2.05, 4.69) is 162 Å². The number of anilines is 8. The first-order valence-electron chi connectivity index (χ1n) is 30.1. The lowest BCUT2D eigenvalue weighted by molar-refractivity contribution is 0.195. The molecule has 0 N–H and O–H groups in total. The summed E-state index contributed by atoms with van der Waals surface area (Å²) in [4.78, 5) is 7.93. The molecule has 6 aliphatic rings. The van der Waals surface area contributed by atoms with E-state index in [1.54, 1.807) is 0 Å². The summed E-state index contributed by atoms with van der Waals surface area (Å²) in [5, 5.41) is 1.92. The van der Waals surface area contributed by atoms with Gasteiger partial charge in [-0.15, -0.1) is 0 Å². The normalized spacial score (nSPS) is 21.1. The summed E-state index contributed by atoms with van der Waals surface area (Å²) in [6.45, 7) is 5.15. The van der Waals surface area contributed by atoms with Crippen molar-refractivity contribution in [1.82, 2.24) is 0 Å². The highest BCUT2D eigenvalue weighted by Crippen LogP contribution is 2.63. The molecule has 1 fully saturated rings. The van der Waals surface area contributed by atoms with Crippen LogP contribution in [0.3, 0.4) is 0 Å². The Hall–Kier alpha value is -6.23. The highest BCUT2D eigenvalue weighted by Gasteiger charge is 2.58. The van der Waals surface area contributed by atoms with Crippen LogP contribution in [0.2, 0.25) is 5.02 Å². The van der Waals surface area contributed by atoms with Crippen LogP contribution in [-0.2, 0) is 56.8 Å². The molecule has 392 valence electrons. The maximum atomic E-state index is 8.56. The minimum Gasteiger partial charge on any atom is -0.456 e. The fraction of sp³-hybridized carbons (Fsp3) is 0.389. The number of benzene rings is 7. The third-order valence-electron chi connectivity index (χ3n) is 19.9. The first-order chi connectivity index (χ1) is 37.8. The van der Waals surface area contributed by atoms with Crippen LogP contribution in [0.1, 0.15) is 167 Å². The van der Waals surface area contributed by atoms with Crippen LogP contribution in [0, 0.1) is 0 Å². The zero-order valence-electron chi connectivity index (χ0n) is 45.8. The molecule has 5 aliphatic carbocycles. The predicted octanol–water partition coefficient (Wildman–Crippen LogP) is 20.5. The molecule has 0 bridgehead atoms. The molecule has 4 nitrogen and oxygen atoms in total. The number of halogens is 1. The Morgan fingerprint density at radius 3 is 1.34 bits per heavy atom. The van der Waals surface area contributed by atoms with Gasteiger partial charge in [-0.05, 0) is 264 Å². The van der Waals surface area contributed by atoms with Crippen LogP contribution < -0.4 is 14.7 Å². The molecular formula is C72H76ClN3O. The minimum atomic E-state index is -0.222. The lowest BCUT2D eigenvalue weighted by Crippen LogP contribution is -2.54. The summed E-state index contributed by atoms with van der Waals surface area (Å²) in [5.41, 5.74) is 24.4. The number of hydrogen-bond acceptors (Lipinski definition) is 4. The zero-order chi connectivity index (χ0) is 51.7. The number of rotatable bonds is 8. The lowest BCUT2D eigenvalue weighted by atomic mass is 9.61. The predicted molar refractivity (Wildman–Crippen MR) is 324 cm³/mol. The molecule has 8 aromatic rings. The number of fused-ring (bicyclic) bond motifs is 8. The second-order valence-corrected chi connectivity index (χ2v) is 24.9. The Morgan fingerprint density at radius 2 is 0.870 bits per heavy atom. The second kappa shape index (κ2) is 20.2. The molecule has 2 unspecified atom stereocenters. The third-order valence-corrected chi connectivity index (χ3v) is 20.3. The Kier molecular flexibility index (Phi) is 12.9. The van der Waals surface area contributed by atoms with Gasteiger partial charge in [-0.3, -0.25) is 0 Å². The van der Waals surface area contributed by atoms with Crippen molar-refractivity contribution in [1.29, 1.82) is 0 Å². The largest absolute Gasteiger partial charge is 0.456 e. The summed E-state index contributed by atoms with van der Waals surface area (Å²) in [6, 6.07) is 52.5. The van der Waals surface area contributed by atoms with E-state index in [9.17, 15) is 0 Å². The quantitative estimate of drug-likeness (QED) is 0.142. The van der Waals surface area contributed by atoms with Crippen molar-refractivity contribution in [2.24, 2.45) is 0 Å². The van der Waals surface area contributed by atoms with Crippen molar-refractivity contribution in [2.45, 2.75) is 179 Å². The monoisotopic (exact) mass is 1030 g/mol. The first-order valence-corrected chi connectivity index (χ1v) is 30.5. The molecule has 0 spiro atoms. The summed E-state index contributed by atoms with van der Waals surface area (Å²) in [5.74, 6) is 0.930. The van der Waals surface area contributed by atoms with Gasteiger partial charge in [-0.25, -0.2) is 0 Å². The van der Waals surface area contributed by atoms with E-state index in [1.165, 1.54) is 174 Å². The maximum Gasteiger partial charge on any atom is 0.135 e. The number of nitrogens with zero attached hydrogens (tertiary/aromatic N) is 3. The lowest BCUT2D eigenvalue weighted by Gasteiger charge is -2.50. The number of para-hydroxylation sites is 1. The van der Waals surface area contributed by atoms with Crippen molar-refractivity contribution in [3.05, 3.63) is 189 Å². The molecule has 0 saturated heterocycles. The van der Waals surface area contributed by atoms with Crippen molar-refractivity contribution >= 4 is 68.1 Å². The van der Waals surface area contributed by atoms with Crippen molar-refractivity contribution in [3.8, 4) is 11.3 Å². The molecule has 14 rings (SSSR count). The van der Waals surface area contributed by atoms with Gasteiger partial charge in [0.2, 0.25) is 0 Å². The molecule has 77 heavy (non-hydrogen) atoms. The first kappa shape index (κ1) is 49.1. The van der Waals surface area contributed by atoms with Gasteiger partial charge >= 0.3 is 0 Å². The average Bonchev–Trinajstić information content (AvgIpc) is 3.89. The van der Waals surface area contributed by atoms with E-state index < -0.39 is 0 Å². The standard InChI is InChI=1S/C72H76ClN3O/c1-71-39-17-18-40-72(71,2)76(65-38-33-58(45-64(65)71)69-46-57-27-15-16-28-68(57)77-69)63-47-66(74(59-34-29-49-19-7-3-11-23-53(49)41-59)60-35-30-50-20-8-4-12-24-54(50)42-60)70(73)67(48-63)75(61-36-31-51-21-9-5-13-25-55(51)43-61)62-37-32-52-22-10-6-14-26-56(52)44-62/h15-16,27-38,41-48H,3-14,17-26,39-40H2,1-2H3. The van der Waals surface area contributed by atoms with Gasteiger partial charge in [-0.1, -0.05) is 99.5 Å². The molecule has 1 saturated carbocycles. The Bertz CT molecular complexity index is 3250. The van der Waals surface area contributed by atoms with E-state index in [4.69, 9.17) is 16.0 Å². The molecule has 1 aliphatic heterocycles. The van der Waals surface area contributed by atoms with Crippen molar-refractivity contribution in [3.63, 3.8) is 0 Å². The minimum absolute atomic E-state index is 0.121. The maximum absolute atomic E-state index is 8.56. The zero-order valence-corrected chi connectivity index (χ0v) is 46.6. The molecule has 0 amide bonds. The van der Waals surface area contributed by atoms with Gasteiger partial charge in [0.05, 0.1) is 21.9 Å². The van der Waals surface area contributed by atoms with Gasteiger partial charge in [0.1, 0.15) is 11.3 Å². The third kappa shape index (κ3) is 8.71. The van der Waals surface area contributed by atoms with Crippen LogP contribution in [0.4, 0.5) is 45.5 Å². The van der Waals surface area contributed by atoms with E-state index in [0.717, 1.165) is 103 Å². The Morgan fingerprint density at radius 1 is 0.429 bits per heavy atom. The van der Waals surface area contributed by atoms with Gasteiger partial charge in [-0.2, -0.15) is 0 Å². The van der Waals surface area contributed by atoms with Gasteiger partial charge in [0, 0.05) is 50.5 Å². The summed E-state index contributed by atoms with van der Waals surface area (Å²) >= 11 is 8.56. The van der Waals surface area contributed by atoms with E-state index in [1.807, 2.05) is 0 Å². The molecule has 7 aromatic carbocycles. The Labute approximate surface area is 463 Å². The fourth-order valence-corrected chi connectivity index (χ4v) is 15.7. The molecule has 2 atom stereocenters. The topological polar surface area (TPSA) is 22.9 Å². The number of furan rings is 1. The highest BCUT2D eigenvalue weighted by atomic mass is 35.5. The van der Waals surface area contributed by atoms with Crippen LogP contribution in [0.5, 0.6) is 0 Å². The van der Waals surface area contributed by atoms with Crippen LogP contribution >= 0.6 is 11.6 Å². The van der Waals surface area contributed by atoms with Gasteiger partial charge in [0.25, 0.3) is 0 Å². The van der Waals surface area contributed by atoms with E-state index in [-0.39, 0.29) is 11.0 Å². The SMILES string of the molecule is CC12CCCCC1(C)N(c1cc(N(c3ccc4c(c3)CCCCC4)c3ccc4c(c3)CCCCC4)c(Cl)c(N(c3ccc4c(c3)CCCCC4)c3ccc4c(c3)CCCCC4)c1)c1ccc(-c3cc4ccccc4o3)cc12. The van der Waals surface area contributed by atoms with Crippen molar-refractivity contribution in [2.75, 3.05) is 14.7 Å². The summed E-state index contributed by atoms with van der Waals surface area (Å²) in [6.07, 6.45) is 28.7. The molecule has 0 radical (unpaired) electrons. The number of aryl methyl sites for hydroxylation is 8. The summed E-state index contributed by atoms with van der Waals surface area (Å²) in [7, 11) is 0. The van der Waals surface area contributed by atoms with Gasteiger partial charge in [0.15, 0.2) is 0 Å². The van der Waals surface area contributed by atoms with Crippen LogP contribution in [0.25, 0.3) is 22.3 Å². The smallest absolute Gasteiger partial charge is 0.135 e. The Balaban J connectivity index is 1.04.